The first-order valence-electron chi connectivity index (χ1n) is 9.54. The van der Waals surface area contributed by atoms with Crippen LogP contribution in [0.15, 0.2) is 65.9 Å². The molecule has 27 heavy (non-hydrogen) atoms. The average Bonchev–Trinajstić information content (AvgIpc) is 2.65. The van der Waals surface area contributed by atoms with Gasteiger partial charge in [0.15, 0.2) is 5.72 Å². The number of allylic oxidation sites excluding steroid dienone is 1. The summed E-state index contributed by atoms with van der Waals surface area (Å²) in [5.41, 5.74) is 3.41. The maximum Gasteiger partial charge on any atom is 0.336 e. The summed E-state index contributed by atoms with van der Waals surface area (Å²) in [4.78, 5) is 12.9. The molecule has 0 saturated heterocycles. The number of para-hydroxylation sites is 1. The monoisotopic (exact) mass is 363 g/mol. The summed E-state index contributed by atoms with van der Waals surface area (Å²) in [6.07, 6.45) is 2.44. The number of benzene rings is 2. The van der Waals surface area contributed by atoms with Crippen molar-refractivity contribution < 1.29 is 14.3 Å². The Labute approximate surface area is 160 Å². The number of fused-ring (bicyclic) bond motifs is 4. The van der Waals surface area contributed by atoms with E-state index in [-0.39, 0.29) is 11.9 Å². The second-order valence-corrected chi connectivity index (χ2v) is 7.52. The van der Waals surface area contributed by atoms with Crippen molar-refractivity contribution in [1.82, 2.24) is 5.32 Å². The number of hydrogen-bond acceptors (Lipinski definition) is 4. The van der Waals surface area contributed by atoms with E-state index in [1.54, 1.807) is 0 Å². The van der Waals surface area contributed by atoms with Crippen molar-refractivity contribution in [3.05, 3.63) is 77.0 Å². The van der Waals surface area contributed by atoms with Crippen molar-refractivity contribution in [1.29, 1.82) is 0 Å². The predicted molar refractivity (Wildman–Crippen MR) is 104 cm³/mol. The van der Waals surface area contributed by atoms with E-state index in [1.165, 1.54) is 5.56 Å². The fraction of sp³-hybridized carbons (Fsp3) is 0.348. The van der Waals surface area contributed by atoms with Gasteiger partial charge < -0.3 is 14.8 Å². The largest absolute Gasteiger partial charge is 0.468 e. The first-order valence-corrected chi connectivity index (χ1v) is 9.54. The first kappa shape index (κ1) is 17.7. The molecule has 2 aliphatic heterocycles. The van der Waals surface area contributed by atoms with E-state index in [9.17, 15) is 4.79 Å². The lowest BCUT2D eigenvalue weighted by atomic mass is 9.78. The van der Waals surface area contributed by atoms with Gasteiger partial charge in [-0.2, -0.15) is 0 Å². The van der Waals surface area contributed by atoms with Crippen molar-refractivity contribution in [3.63, 3.8) is 0 Å². The SMILES string of the molecule is CC1=C(C(=O)OCCCc2ccccc2)C2CC(C)(N1)Oc1ccccc12. The third-order valence-corrected chi connectivity index (χ3v) is 5.33. The highest BCUT2D eigenvalue weighted by atomic mass is 16.5. The molecule has 0 aromatic heterocycles. The van der Waals surface area contributed by atoms with E-state index in [0.29, 0.717) is 6.61 Å². The lowest BCUT2D eigenvalue weighted by Gasteiger charge is -2.45. The van der Waals surface area contributed by atoms with Crippen LogP contribution in [0.1, 0.15) is 43.7 Å². The molecule has 2 aromatic carbocycles. The van der Waals surface area contributed by atoms with Crippen LogP contribution in [0.4, 0.5) is 0 Å². The van der Waals surface area contributed by atoms with Crippen molar-refractivity contribution in [2.75, 3.05) is 6.61 Å². The van der Waals surface area contributed by atoms with Gasteiger partial charge in [0.25, 0.3) is 0 Å². The van der Waals surface area contributed by atoms with Gasteiger partial charge in [-0.05, 0) is 38.3 Å². The van der Waals surface area contributed by atoms with Gasteiger partial charge in [0.1, 0.15) is 5.75 Å². The van der Waals surface area contributed by atoms with Crippen LogP contribution >= 0.6 is 0 Å². The summed E-state index contributed by atoms with van der Waals surface area (Å²) in [7, 11) is 0. The molecule has 0 aliphatic carbocycles. The van der Waals surface area contributed by atoms with Gasteiger partial charge in [0, 0.05) is 23.6 Å². The van der Waals surface area contributed by atoms with Crippen LogP contribution in [0, 0.1) is 0 Å². The Bertz CT molecular complexity index is 874. The van der Waals surface area contributed by atoms with E-state index in [2.05, 4.69) is 17.4 Å². The Hall–Kier alpha value is -2.75. The molecule has 0 amide bonds. The number of carbonyl (C=O) groups excluding carboxylic acids is 1. The standard InChI is InChI=1S/C23H25NO3/c1-16-21(22(25)26-14-8-11-17-9-4-3-5-10-17)19-15-23(2,24-16)27-20-13-7-6-12-18(19)20/h3-7,9-10,12-13,19,24H,8,11,14-15H2,1-2H3. The number of aryl methyl sites for hydroxylation is 1. The highest BCUT2D eigenvalue weighted by Gasteiger charge is 2.45. The van der Waals surface area contributed by atoms with Gasteiger partial charge in [-0.3, -0.25) is 0 Å². The molecule has 2 unspecified atom stereocenters. The number of hydrogen-bond donors (Lipinski definition) is 1. The molecule has 2 bridgehead atoms. The van der Waals surface area contributed by atoms with E-state index in [4.69, 9.17) is 9.47 Å². The van der Waals surface area contributed by atoms with Crippen molar-refractivity contribution in [3.8, 4) is 5.75 Å². The molecule has 1 N–H and O–H groups in total. The summed E-state index contributed by atoms with van der Waals surface area (Å²) in [5, 5.41) is 3.37. The quantitative estimate of drug-likeness (QED) is 0.635. The van der Waals surface area contributed by atoms with Crippen LogP contribution in [0.25, 0.3) is 0 Å². The second-order valence-electron chi connectivity index (χ2n) is 7.52. The molecule has 2 aromatic rings. The molecule has 0 radical (unpaired) electrons. The van der Waals surface area contributed by atoms with E-state index >= 15 is 0 Å². The fourth-order valence-electron chi connectivity index (χ4n) is 4.16. The molecule has 0 fully saturated rings. The molecular weight excluding hydrogens is 338 g/mol. The fourth-order valence-corrected chi connectivity index (χ4v) is 4.16. The average molecular weight is 363 g/mol. The molecule has 2 atom stereocenters. The van der Waals surface area contributed by atoms with Crippen molar-refractivity contribution in [2.45, 2.75) is 44.8 Å². The number of carbonyl (C=O) groups is 1. The topological polar surface area (TPSA) is 47.6 Å². The number of rotatable bonds is 5. The molecule has 2 aliphatic rings. The zero-order chi connectivity index (χ0) is 18.9. The minimum atomic E-state index is -0.486. The van der Waals surface area contributed by atoms with E-state index in [0.717, 1.165) is 41.8 Å². The smallest absolute Gasteiger partial charge is 0.336 e. The minimum Gasteiger partial charge on any atom is -0.468 e. The Morgan fingerprint density at radius 1 is 1.19 bits per heavy atom. The van der Waals surface area contributed by atoms with Gasteiger partial charge in [0.05, 0.1) is 12.2 Å². The summed E-state index contributed by atoms with van der Waals surface area (Å²) < 4.78 is 11.8. The second kappa shape index (κ2) is 7.10. The molecule has 140 valence electrons. The zero-order valence-corrected chi connectivity index (χ0v) is 15.8. The normalized spacial score (nSPS) is 23.1. The van der Waals surface area contributed by atoms with Crippen LogP contribution in [-0.4, -0.2) is 18.3 Å². The first-order chi connectivity index (χ1) is 13.1. The number of esters is 1. The summed E-state index contributed by atoms with van der Waals surface area (Å²) in [5.74, 6) is 0.616. The van der Waals surface area contributed by atoms with Crippen LogP contribution in [0.5, 0.6) is 5.75 Å². The lowest BCUT2D eigenvalue weighted by molar-refractivity contribution is -0.140. The highest BCUT2D eigenvalue weighted by Crippen LogP contribution is 2.47. The highest BCUT2D eigenvalue weighted by molar-refractivity contribution is 5.91. The van der Waals surface area contributed by atoms with E-state index in [1.807, 2.05) is 56.3 Å². The lowest BCUT2D eigenvalue weighted by Crippen LogP contribution is -2.54. The summed E-state index contributed by atoms with van der Waals surface area (Å²) >= 11 is 0. The van der Waals surface area contributed by atoms with Crippen molar-refractivity contribution >= 4 is 5.97 Å². The Balaban J connectivity index is 1.46. The molecule has 4 nitrogen and oxygen atoms in total. The maximum absolute atomic E-state index is 12.9. The summed E-state index contributed by atoms with van der Waals surface area (Å²) in [6, 6.07) is 18.2. The third-order valence-electron chi connectivity index (χ3n) is 5.33. The van der Waals surface area contributed by atoms with Crippen molar-refractivity contribution in [2.24, 2.45) is 0 Å². The molecule has 0 spiro atoms. The van der Waals surface area contributed by atoms with Gasteiger partial charge in [-0.25, -0.2) is 4.79 Å². The summed E-state index contributed by atoms with van der Waals surface area (Å²) in [6.45, 7) is 4.39. The number of nitrogens with one attached hydrogen (secondary N) is 1. The molecule has 4 rings (SSSR count). The van der Waals surface area contributed by atoms with Crippen LogP contribution in [0.2, 0.25) is 0 Å². The molecular formula is C23H25NO3. The Morgan fingerprint density at radius 3 is 2.74 bits per heavy atom. The van der Waals surface area contributed by atoms with Crippen LogP contribution < -0.4 is 10.1 Å². The predicted octanol–water partition coefficient (Wildman–Crippen LogP) is 4.32. The van der Waals surface area contributed by atoms with Gasteiger partial charge in [-0.15, -0.1) is 0 Å². The zero-order valence-electron chi connectivity index (χ0n) is 15.8. The van der Waals surface area contributed by atoms with Gasteiger partial charge >= 0.3 is 5.97 Å². The Morgan fingerprint density at radius 2 is 1.93 bits per heavy atom. The minimum absolute atomic E-state index is 0.00261. The molecule has 2 heterocycles. The third kappa shape index (κ3) is 3.57. The van der Waals surface area contributed by atoms with Gasteiger partial charge in [-0.1, -0.05) is 48.5 Å². The van der Waals surface area contributed by atoms with Crippen LogP contribution in [0.3, 0.4) is 0 Å². The number of ether oxygens (including phenoxy) is 2. The van der Waals surface area contributed by atoms with Gasteiger partial charge in [0.2, 0.25) is 0 Å². The van der Waals surface area contributed by atoms with Crippen LogP contribution in [-0.2, 0) is 16.0 Å². The Kier molecular flexibility index (Phi) is 4.65. The maximum atomic E-state index is 12.9. The van der Waals surface area contributed by atoms with E-state index < -0.39 is 5.72 Å². The molecule has 4 heteroatoms. The molecule has 0 saturated carbocycles.